The zero-order chi connectivity index (χ0) is 9.97. The van der Waals surface area contributed by atoms with Gasteiger partial charge < -0.3 is 5.32 Å². The van der Waals surface area contributed by atoms with Gasteiger partial charge in [0, 0.05) is 24.9 Å². The Morgan fingerprint density at radius 3 is 3.14 bits per heavy atom. The van der Waals surface area contributed by atoms with E-state index in [1.165, 1.54) is 0 Å². The van der Waals surface area contributed by atoms with Crippen LogP contribution in [0.15, 0.2) is 18.6 Å². The summed E-state index contributed by atoms with van der Waals surface area (Å²) in [7, 11) is 1.93. The highest BCUT2D eigenvalue weighted by Crippen LogP contribution is 2.12. The standard InChI is InChI=1S/C9H13N5/c1-7(5-10-2)9-13-12-8-6-11-3-4-14(8)9/h3-4,6-7,10H,5H2,1-2H3. The molecule has 0 aromatic carbocycles. The zero-order valence-corrected chi connectivity index (χ0v) is 8.31. The summed E-state index contributed by atoms with van der Waals surface area (Å²) < 4.78 is 1.97. The van der Waals surface area contributed by atoms with Crippen molar-refractivity contribution >= 4 is 5.65 Å². The average Bonchev–Trinajstić information content (AvgIpc) is 2.61. The molecule has 0 saturated carbocycles. The molecule has 0 fully saturated rings. The summed E-state index contributed by atoms with van der Waals surface area (Å²) in [5.74, 6) is 1.31. The van der Waals surface area contributed by atoms with Gasteiger partial charge in [0.25, 0.3) is 0 Å². The molecule has 1 N–H and O–H groups in total. The number of likely N-dealkylation sites (N-methyl/N-ethyl adjacent to an activating group) is 1. The summed E-state index contributed by atoms with van der Waals surface area (Å²) in [6.45, 7) is 3.01. The Balaban J connectivity index is 2.42. The highest BCUT2D eigenvalue weighted by atomic mass is 15.3. The summed E-state index contributed by atoms with van der Waals surface area (Å²) in [5, 5.41) is 11.3. The number of aromatic nitrogens is 4. The number of hydrogen-bond acceptors (Lipinski definition) is 4. The Hall–Kier alpha value is -1.49. The number of hydrogen-bond donors (Lipinski definition) is 1. The van der Waals surface area contributed by atoms with Crippen molar-refractivity contribution in [2.45, 2.75) is 12.8 Å². The van der Waals surface area contributed by atoms with Gasteiger partial charge in [-0.2, -0.15) is 0 Å². The van der Waals surface area contributed by atoms with Crippen molar-refractivity contribution < 1.29 is 0 Å². The fourth-order valence-electron chi connectivity index (χ4n) is 1.51. The molecule has 5 nitrogen and oxygen atoms in total. The van der Waals surface area contributed by atoms with Gasteiger partial charge in [-0.15, -0.1) is 10.2 Å². The third-order valence-electron chi connectivity index (χ3n) is 2.19. The lowest BCUT2D eigenvalue weighted by molar-refractivity contribution is 0.634. The highest BCUT2D eigenvalue weighted by molar-refractivity contribution is 5.34. The van der Waals surface area contributed by atoms with E-state index in [2.05, 4.69) is 27.4 Å². The van der Waals surface area contributed by atoms with Crippen LogP contribution in [0.1, 0.15) is 18.7 Å². The summed E-state index contributed by atoms with van der Waals surface area (Å²) in [5.41, 5.74) is 0.797. The van der Waals surface area contributed by atoms with Crippen molar-refractivity contribution in [1.82, 2.24) is 24.9 Å². The van der Waals surface area contributed by atoms with E-state index in [4.69, 9.17) is 0 Å². The molecule has 2 aromatic heterocycles. The van der Waals surface area contributed by atoms with Crippen molar-refractivity contribution in [3.8, 4) is 0 Å². The van der Waals surface area contributed by atoms with Gasteiger partial charge in [-0.05, 0) is 7.05 Å². The highest BCUT2D eigenvalue weighted by Gasteiger charge is 2.11. The van der Waals surface area contributed by atoms with Gasteiger partial charge in [0.05, 0.1) is 6.20 Å². The molecule has 14 heavy (non-hydrogen) atoms. The maximum atomic E-state index is 4.15. The first-order valence-electron chi connectivity index (χ1n) is 4.62. The lowest BCUT2D eigenvalue weighted by Crippen LogP contribution is -2.16. The Morgan fingerprint density at radius 1 is 1.50 bits per heavy atom. The Labute approximate surface area is 82.2 Å². The first-order valence-corrected chi connectivity index (χ1v) is 4.62. The van der Waals surface area contributed by atoms with Crippen molar-refractivity contribution in [3.63, 3.8) is 0 Å². The second-order valence-electron chi connectivity index (χ2n) is 3.32. The Bertz CT molecular complexity index is 422. The normalized spacial score (nSPS) is 13.3. The molecular weight excluding hydrogens is 178 g/mol. The van der Waals surface area contributed by atoms with Crippen molar-refractivity contribution in [1.29, 1.82) is 0 Å². The quantitative estimate of drug-likeness (QED) is 0.765. The van der Waals surface area contributed by atoms with E-state index in [0.29, 0.717) is 5.92 Å². The molecule has 0 bridgehead atoms. The van der Waals surface area contributed by atoms with Crippen LogP contribution < -0.4 is 5.32 Å². The molecule has 1 unspecified atom stereocenters. The largest absolute Gasteiger partial charge is 0.319 e. The van der Waals surface area contributed by atoms with Crippen LogP contribution in [0.2, 0.25) is 0 Å². The second-order valence-corrected chi connectivity index (χ2v) is 3.32. The lowest BCUT2D eigenvalue weighted by atomic mass is 10.1. The molecule has 0 aliphatic carbocycles. The summed E-state index contributed by atoms with van der Waals surface area (Å²) in [6.07, 6.45) is 5.34. The summed E-state index contributed by atoms with van der Waals surface area (Å²) in [6, 6.07) is 0. The van der Waals surface area contributed by atoms with Gasteiger partial charge in [-0.3, -0.25) is 9.38 Å². The molecule has 1 atom stereocenters. The van der Waals surface area contributed by atoms with Crippen LogP contribution in [0, 0.1) is 0 Å². The third kappa shape index (κ3) is 1.46. The molecule has 5 heteroatoms. The molecule has 2 aromatic rings. The van der Waals surface area contributed by atoms with Gasteiger partial charge in [0.15, 0.2) is 5.65 Å². The molecule has 0 radical (unpaired) electrons. The van der Waals surface area contributed by atoms with E-state index in [0.717, 1.165) is 18.0 Å². The van der Waals surface area contributed by atoms with Crippen LogP contribution in [0.4, 0.5) is 0 Å². The van der Waals surface area contributed by atoms with Gasteiger partial charge in [-0.25, -0.2) is 0 Å². The van der Waals surface area contributed by atoms with Crippen LogP contribution in [-0.4, -0.2) is 33.2 Å². The van der Waals surface area contributed by atoms with E-state index in [1.807, 2.05) is 17.6 Å². The fourth-order valence-corrected chi connectivity index (χ4v) is 1.51. The summed E-state index contributed by atoms with van der Waals surface area (Å²) in [4.78, 5) is 3.99. The number of fused-ring (bicyclic) bond motifs is 1. The average molecular weight is 191 g/mol. The van der Waals surface area contributed by atoms with E-state index >= 15 is 0 Å². The fraction of sp³-hybridized carbons (Fsp3) is 0.444. The topological polar surface area (TPSA) is 55.1 Å². The molecule has 0 saturated heterocycles. The van der Waals surface area contributed by atoms with Crippen LogP contribution in [0.5, 0.6) is 0 Å². The SMILES string of the molecule is CNCC(C)c1nnc2cnccn12. The number of rotatable bonds is 3. The molecule has 0 aliphatic heterocycles. The Kier molecular flexibility index (Phi) is 2.41. The first kappa shape index (κ1) is 9.08. The van der Waals surface area contributed by atoms with Crippen LogP contribution in [-0.2, 0) is 0 Å². The molecule has 0 amide bonds. The predicted octanol–water partition coefficient (Wildman–Crippen LogP) is 0.447. The van der Waals surface area contributed by atoms with E-state index in [-0.39, 0.29) is 0 Å². The number of nitrogens with zero attached hydrogens (tertiary/aromatic N) is 4. The Morgan fingerprint density at radius 2 is 2.36 bits per heavy atom. The molecular formula is C9H13N5. The van der Waals surface area contributed by atoms with Crippen LogP contribution >= 0.6 is 0 Å². The van der Waals surface area contributed by atoms with E-state index in [1.54, 1.807) is 12.4 Å². The molecule has 2 heterocycles. The second kappa shape index (κ2) is 3.71. The summed E-state index contributed by atoms with van der Waals surface area (Å²) >= 11 is 0. The van der Waals surface area contributed by atoms with Crippen molar-refractivity contribution in [2.75, 3.05) is 13.6 Å². The maximum Gasteiger partial charge on any atom is 0.179 e. The van der Waals surface area contributed by atoms with Gasteiger partial charge in [0.1, 0.15) is 5.82 Å². The van der Waals surface area contributed by atoms with Crippen LogP contribution in [0.3, 0.4) is 0 Å². The van der Waals surface area contributed by atoms with Crippen molar-refractivity contribution in [2.24, 2.45) is 0 Å². The van der Waals surface area contributed by atoms with Crippen LogP contribution in [0.25, 0.3) is 5.65 Å². The minimum atomic E-state index is 0.345. The van der Waals surface area contributed by atoms with Gasteiger partial charge in [-0.1, -0.05) is 6.92 Å². The third-order valence-corrected chi connectivity index (χ3v) is 2.19. The molecule has 74 valence electrons. The smallest absolute Gasteiger partial charge is 0.179 e. The molecule has 2 rings (SSSR count). The van der Waals surface area contributed by atoms with E-state index < -0.39 is 0 Å². The minimum absolute atomic E-state index is 0.345. The van der Waals surface area contributed by atoms with Gasteiger partial charge in [0.2, 0.25) is 0 Å². The zero-order valence-electron chi connectivity index (χ0n) is 8.31. The number of nitrogens with one attached hydrogen (secondary N) is 1. The molecule has 0 spiro atoms. The monoisotopic (exact) mass is 191 g/mol. The predicted molar refractivity (Wildman–Crippen MR) is 53.1 cm³/mol. The lowest BCUT2D eigenvalue weighted by Gasteiger charge is -2.07. The van der Waals surface area contributed by atoms with E-state index in [9.17, 15) is 0 Å². The first-order chi connectivity index (χ1) is 6.83. The van der Waals surface area contributed by atoms with Crippen molar-refractivity contribution in [3.05, 3.63) is 24.4 Å². The maximum absolute atomic E-state index is 4.15. The molecule has 0 aliphatic rings. The van der Waals surface area contributed by atoms with Gasteiger partial charge >= 0.3 is 0 Å². The minimum Gasteiger partial charge on any atom is -0.319 e.